The third-order valence-corrected chi connectivity index (χ3v) is 2.98. The first-order valence-electron chi connectivity index (χ1n) is 8.00. The first-order valence-corrected chi connectivity index (χ1v) is 8.00. The van der Waals surface area contributed by atoms with Gasteiger partial charge in [-0.3, -0.25) is 0 Å². The van der Waals surface area contributed by atoms with E-state index in [0.717, 1.165) is 25.7 Å². The number of hydrogen-bond acceptors (Lipinski definition) is 1. The van der Waals surface area contributed by atoms with Crippen LogP contribution in [0.25, 0.3) is 0 Å². The molecule has 0 aromatic rings. The van der Waals surface area contributed by atoms with Gasteiger partial charge in [0.05, 0.1) is 0 Å². The summed E-state index contributed by atoms with van der Waals surface area (Å²) in [5.41, 5.74) is 0. The Morgan fingerprint density at radius 2 is 1.29 bits per heavy atom. The fourth-order valence-electron chi connectivity index (χ4n) is 1.83. The van der Waals surface area contributed by atoms with E-state index < -0.39 is 12.8 Å². The maximum atomic E-state index is 11.8. The molecule has 0 spiro atoms. The highest BCUT2D eigenvalue weighted by Gasteiger charge is 2.26. The molecule has 0 fully saturated rings. The van der Waals surface area contributed by atoms with E-state index in [0.29, 0.717) is 6.42 Å². The second kappa shape index (κ2) is 14.2. The van der Waals surface area contributed by atoms with Crippen molar-refractivity contribution in [1.82, 2.24) is 0 Å². The highest BCUT2D eigenvalue weighted by atomic mass is 19.4. The highest BCUT2D eigenvalue weighted by molar-refractivity contribution is 4.88. The lowest BCUT2D eigenvalue weighted by Gasteiger charge is -2.06. The van der Waals surface area contributed by atoms with E-state index in [2.05, 4.69) is 36.0 Å². The van der Waals surface area contributed by atoms with Crippen LogP contribution in [0.1, 0.15) is 64.7 Å². The van der Waals surface area contributed by atoms with Gasteiger partial charge in [0.15, 0.2) is 0 Å². The molecule has 0 aromatic heterocycles. The molecule has 0 saturated carbocycles. The predicted molar refractivity (Wildman–Crippen MR) is 82.4 cm³/mol. The van der Waals surface area contributed by atoms with Crippen molar-refractivity contribution >= 4 is 0 Å². The summed E-state index contributed by atoms with van der Waals surface area (Å²) in [6.45, 7) is 1.26. The Morgan fingerprint density at radius 1 is 0.762 bits per heavy atom. The molecule has 0 amide bonds. The Kier molecular flexibility index (Phi) is 13.7. The van der Waals surface area contributed by atoms with Gasteiger partial charge in [0.2, 0.25) is 0 Å². The molecule has 0 aliphatic rings. The number of unbranched alkanes of at least 4 members (excludes halogenated alkanes) is 6. The van der Waals surface area contributed by atoms with Crippen LogP contribution in [-0.2, 0) is 4.74 Å². The molecule has 0 N–H and O–H groups in total. The number of alkyl halides is 3. The molecular weight excluding hydrogens is 277 g/mol. The summed E-state index contributed by atoms with van der Waals surface area (Å²) in [4.78, 5) is 0. The van der Waals surface area contributed by atoms with Gasteiger partial charge in [-0.2, -0.15) is 13.2 Å². The summed E-state index contributed by atoms with van der Waals surface area (Å²) in [5.74, 6) is 0. The number of allylic oxidation sites excluding steroid dienone is 4. The number of rotatable bonds is 13. The lowest BCUT2D eigenvalue weighted by molar-refractivity contribution is -0.174. The second-order valence-electron chi connectivity index (χ2n) is 5.18. The van der Waals surface area contributed by atoms with Crippen LogP contribution in [-0.4, -0.2) is 19.4 Å². The first kappa shape index (κ1) is 20.2. The van der Waals surface area contributed by atoms with Crippen molar-refractivity contribution in [1.29, 1.82) is 0 Å². The van der Waals surface area contributed by atoms with Crippen LogP contribution in [0.4, 0.5) is 13.2 Å². The standard InChI is InChI=1S/C17H29F3O/c1-2-3-4-5-6-7-8-9-10-11-12-13-14-15-21-16-17(18,19)20/h6-7,10-11H,2-5,8-9,12-16H2,1H3. The fourth-order valence-corrected chi connectivity index (χ4v) is 1.83. The maximum absolute atomic E-state index is 11.8. The fraction of sp³-hybridized carbons (Fsp3) is 0.765. The smallest absolute Gasteiger partial charge is 0.372 e. The molecule has 0 aliphatic heterocycles. The molecule has 4 heteroatoms. The zero-order valence-corrected chi connectivity index (χ0v) is 13.1. The van der Waals surface area contributed by atoms with Crippen molar-refractivity contribution < 1.29 is 17.9 Å². The zero-order valence-electron chi connectivity index (χ0n) is 13.1. The lowest BCUT2D eigenvalue weighted by Crippen LogP contribution is -2.17. The highest BCUT2D eigenvalue weighted by Crippen LogP contribution is 2.14. The molecule has 0 heterocycles. The van der Waals surface area contributed by atoms with Gasteiger partial charge >= 0.3 is 6.18 Å². The van der Waals surface area contributed by atoms with Crippen LogP contribution in [0.2, 0.25) is 0 Å². The van der Waals surface area contributed by atoms with E-state index >= 15 is 0 Å². The third-order valence-electron chi connectivity index (χ3n) is 2.98. The molecule has 0 radical (unpaired) electrons. The molecule has 1 nitrogen and oxygen atoms in total. The molecule has 0 aromatic carbocycles. The van der Waals surface area contributed by atoms with Crippen LogP contribution < -0.4 is 0 Å². The average molecular weight is 306 g/mol. The lowest BCUT2D eigenvalue weighted by atomic mass is 10.1. The zero-order chi connectivity index (χ0) is 15.8. The van der Waals surface area contributed by atoms with E-state index in [-0.39, 0.29) is 6.61 Å². The van der Waals surface area contributed by atoms with E-state index in [4.69, 9.17) is 0 Å². The Labute approximate surface area is 127 Å². The summed E-state index contributed by atoms with van der Waals surface area (Å²) in [7, 11) is 0. The summed E-state index contributed by atoms with van der Waals surface area (Å²) in [6.07, 6.45) is 14.1. The summed E-state index contributed by atoms with van der Waals surface area (Å²) in [6, 6.07) is 0. The van der Waals surface area contributed by atoms with Gasteiger partial charge in [-0.05, 0) is 44.9 Å². The van der Waals surface area contributed by atoms with E-state index in [1.165, 1.54) is 25.7 Å². The van der Waals surface area contributed by atoms with Gasteiger partial charge in [-0.1, -0.05) is 44.1 Å². The Morgan fingerprint density at radius 3 is 1.81 bits per heavy atom. The van der Waals surface area contributed by atoms with Crippen molar-refractivity contribution in [2.75, 3.05) is 13.2 Å². The number of ether oxygens (including phenoxy) is 1. The molecule has 0 saturated heterocycles. The van der Waals surface area contributed by atoms with Gasteiger partial charge in [0.1, 0.15) is 6.61 Å². The second-order valence-corrected chi connectivity index (χ2v) is 5.18. The molecule has 0 atom stereocenters. The van der Waals surface area contributed by atoms with E-state index in [9.17, 15) is 13.2 Å². The maximum Gasteiger partial charge on any atom is 0.411 e. The number of hydrogen-bond donors (Lipinski definition) is 0. The summed E-state index contributed by atoms with van der Waals surface area (Å²) < 4.78 is 39.9. The average Bonchev–Trinajstić information content (AvgIpc) is 2.42. The first-order chi connectivity index (χ1) is 10.1. The molecule has 21 heavy (non-hydrogen) atoms. The van der Waals surface area contributed by atoms with Crippen LogP contribution >= 0.6 is 0 Å². The molecular formula is C17H29F3O. The minimum absolute atomic E-state index is 0.188. The minimum atomic E-state index is -4.20. The van der Waals surface area contributed by atoms with Gasteiger partial charge in [0, 0.05) is 6.61 Å². The number of halogens is 3. The predicted octanol–water partition coefficient (Wildman–Crippen LogP) is 6.21. The van der Waals surface area contributed by atoms with Crippen molar-refractivity contribution in [2.24, 2.45) is 0 Å². The SMILES string of the molecule is CCCCCC=CCCC=CCCCCOCC(F)(F)F. The quantitative estimate of drug-likeness (QED) is 0.290. The Bertz CT molecular complexity index is 270. The molecule has 0 bridgehead atoms. The Hall–Kier alpha value is -0.770. The molecule has 0 rings (SSSR count). The topological polar surface area (TPSA) is 9.23 Å². The van der Waals surface area contributed by atoms with Crippen LogP contribution in [0.3, 0.4) is 0 Å². The summed E-state index contributed by atoms with van der Waals surface area (Å²) >= 11 is 0. The van der Waals surface area contributed by atoms with Crippen molar-refractivity contribution in [3.05, 3.63) is 24.3 Å². The summed E-state index contributed by atoms with van der Waals surface area (Å²) in [5, 5.41) is 0. The Balaban J connectivity index is 3.22. The van der Waals surface area contributed by atoms with Gasteiger partial charge in [0.25, 0.3) is 0 Å². The van der Waals surface area contributed by atoms with Gasteiger partial charge in [-0.15, -0.1) is 0 Å². The van der Waals surface area contributed by atoms with E-state index in [1.807, 2.05) is 0 Å². The van der Waals surface area contributed by atoms with E-state index in [1.54, 1.807) is 0 Å². The van der Waals surface area contributed by atoms with Gasteiger partial charge in [-0.25, -0.2) is 0 Å². The molecule has 0 aliphatic carbocycles. The minimum Gasteiger partial charge on any atom is -0.372 e. The molecule has 0 unspecified atom stereocenters. The van der Waals surface area contributed by atoms with Crippen LogP contribution in [0.15, 0.2) is 24.3 Å². The van der Waals surface area contributed by atoms with Crippen molar-refractivity contribution in [3.8, 4) is 0 Å². The van der Waals surface area contributed by atoms with Gasteiger partial charge < -0.3 is 4.74 Å². The normalized spacial score (nSPS) is 12.8. The van der Waals surface area contributed by atoms with Crippen LogP contribution in [0, 0.1) is 0 Å². The largest absolute Gasteiger partial charge is 0.411 e. The third kappa shape index (κ3) is 19.2. The van der Waals surface area contributed by atoms with Crippen molar-refractivity contribution in [3.63, 3.8) is 0 Å². The molecule has 124 valence electrons. The monoisotopic (exact) mass is 306 g/mol. The van der Waals surface area contributed by atoms with Crippen LogP contribution in [0.5, 0.6) is 0 Å². The van der Waals surface area contributed by atoms with Crippen molar-refractivity contribution in [2.45, 2.75) is 70.9 Å².